The summed E-state index contributed by atoms with van der Waals surface area (Å²) >= 11 is 7.53. The van der Waals surface area contributed by atoms with E-state index in [0.29, 0.717) is 0 Å². The van der Waals surface area contributed by atoms with Gasteiger partial charge >= 0.3 is 0 Å². The lowest BCUT2D eigenvalue weighted by molar-refractivity contribution is 0.0153. The highest BCUT2D eigenvalue weighted by atomic mass is 127. The molecule has 1 N–H and O–H groups in total. The van der Waals surface area contributed by atoms with Gasteiger partial charge in [-0.15, -0.1) is 11.8 Å². The monoisotopic (exact) mass is 538 g/mol. The van der Waals surface area contributed by atoms with E-state index in [2.05, 4.69) is 58.3 Å². The van der Waals surface area contributed by atoms with Gasteiger partial charge in [-0.3, -0.25) is 0 Å². The molecule has 2 aromatic carbocycles. The molecule has 0 aromatic heterocycles. The quantitative estimate of drug-likeness (QED) is 0.242. The number of rotatable bonds is 6. The van der Waals surface area contributed by atoms with Crippen molar-refractivity contribution in [3.63, 3.8) is 0 Å². The normalized spacial score (nSPS) is 29.0. The third-order valence-electron chi connectivity index (χ3n) is 4.26. The van der Waals surface area contributed by atoms with E-state index in [1.807, 2.05) is 48.6 Å². The third kappa shape index (κ3) is 4.67. The molecule has 1 aliphatic heterocycles. The number of allylic oxidation sites excluding steroid dienone is 1. The molecule has 0 saturated carbocycles. The van der Waals surface area contributed by atoms with Crippen molar-refractivity contribution in [1.82, 2.24) is 0 Å². The molecule has 0 amide bonds. The fourth-order valence-electron chi connectivity index (χ4n) is 2.99. The zero-order chi connectivity index (χ0) is 19.5. The number of hydrogen-bond acceptors (Lipinski definition) is 5. The van der Waals surface area contributed by atoms with Gasteiger partial charge in [-0.1, -0.05) is 88.6 Å². The van der Waals surface area contributed by atoms with E-state index in [4.69, 9.17) is 4.74 Å². The van der Waals surface area contributed by atoms with Crippen molar-refractivity contribution in [1.29, 1.82) is 0 Å². The minimum atomic E-state index is -0.711. The van der Waals surface area contributed by atoms with Crippen LogP contribution in [0.25, 0.3) is 0 Å². The highest BCUT2D eigenvalue weighted by molar-refractivity contribution is 14.1. The number of benzene rings is 2. The van der Waals surface area contributed by atoms with Gasteiger partial charge in [0.05, 0.1) is 3.92 Å². The fraction of sp³-hybridized carbons (Fsp3) is 0.182. The van der Waals surface area contributed by atoms with Crippen LogP contribution in [0.1, 0.15) is 0 Å². The van der Waals surface area contributed by atoms with Gasteiger partial charge in [-0.05, 0) is 41.8 Å². The molecular formula is C22H19IO2S3. The van der Waals surface area contributed by atoms with Gasteiger partial charge < -0.3 is 9.84 Å². The van der Waals surface area contributed by atoms with Crippen LogP contribution in [0.5, 0.6) is 0 Å². The van der Waals surface area contributed by atoms with Crippen LogP contribution in [0.3, 0.4) is 0 Å². The second-order valence-electron chi connectivity index (χ2n) is 6.41. The molecule has 4 rings (SSSR count). The first kappa shape index (κ1) is 20.5. The Bertz CT molecular complexity index is 901. The van der Waals surface area contributed by atoms with E-state index in [9.17, 15) is 5.11 Å². The number of hydrogen-bond donors (Lipinski definition) is 1. The van der Waals surface area contributed by atoms with Crippen LogP contribution in [0.4, 0.5) is 0 Å². The molecule has 0 radical (unpaired) electrons. The van der Waals surface area contributed by atoms with Crippen molar-refractivity contribution in [3.8, 4) is 0 Å². The summed E-state index contributed by atoms with van der Waals surface area (Å²) in [6.07, 6.45) is 7.76. The first-order valence-electron chi connectivity index (χ1n) is 8.81. The predicted octanol–water partition coefficient (Wildman–Crippen LogP) is 7.06. The zero-order valence-electron chi connectivity index (χ0n) is 14.9. The van der Waals surface area contributed by atoms with Crippen LogP contribution >= 0.6 is 57.9 Å². The van der Waals surface area contributed by atoms with E-state index < -0.39 is 9.87 Å². The number of aliphatic hydroxyl groups excluding tert-OH is 1. The molecule has 0 fully saturated rings. The van der Waals surface area contributed by atoms with Gasteiger partial charge in [0.2, 0.25) is 0 Å². The Morgan fingerprint density at radius 3 is 2.25 bits per heavy atom. The molecule has 2 aliphatic rings. The molecule has 2 aromatic rings. The Labute approximate surface area is 192 Å². The second-order valence-corrected chi connectivity index (χ2v) is 11.3. The average molecular weight is 538 g/mol. The summed E-state index contributed by atoms with van der Waals surface area (Å²) < 4.78 is 7.01. The number of ether oxygens (including phenoxy) is 1. The van der Waals surface area contributed by atoms with Crippen molar-refractivity contribution >= 4 is 57.9 Å². The molecule has 2 nitrogen and oxygen atoms in total. The SMILES string of the molecule is OC1=CC(OC2(Sc3ccccc3)C=CSC2)(Sc2ccccc2)C(I)C=C1. The molecule has 0 saturated heterocycles. The van der Waals surface area contributed by atoms with E-state index in [-0.39, 0.29) is 9.68 Å². The van der Waals surface area contributed by atoms with E-state index in [1.54, 1.807) is 41.4 Å². The van der Waals surface area contributed by atoms with Crippen molar-refractivity contribution in [2.24, 2.45) is 0 Å². The Morgan fingerprint density at radius 2 is 1.64 bits per heavy atom. The predicted molar refractivity (Wildman–Crippen MR) is 130 cm³/mol. The van der Waals surface area contributed by atoms with Crippen molar-refractivity contribution in [2.75, 3.05) is 5.75 Å². The van der Waals surface area contributed by atoms with Crippen molar-refractivity contribution < 1.29 is 9.84 Å². The van der Waals surface area contributed by atoms with Gasteiger partial charge in [-0.2, -0.15) is 0 Å². The maximum absolute atomic E-state index is 10.3. The van der Waals surface area contributed by atoms with Gasteiger partial charge in [0.15, 0.2) is 4.93 Å². The zero-order valence-corrected chi connectivity index (χ0v) is 19.5. The average Bonchev–Trinajstić information content (AvgIpc) is 3.14. The maximum atomic E-state index is 10.3. The van der Waals surface area contributed by atoms with E-state index in [1.165, 1.54) is 4.90 Å². The Hall–Kier alpha value is -0.800. The minimum absolute atomic E-state index is 0.0680. The lowest BCUT2D eigenvalue weighted by Gasteiger charge is -2.42. The molecule has 0 spiro atoms. The summed E-state index contributed by atoms with van der Waals surface area (Å²) in [7, 11) is 0. The van der Waals surface area contributed by atoms with Gasteiger partial charge in [-0.25, -0.2) is 0 Å². The molecule has 1 aliphatic carbocycles. The summed E-state index contributed by atoms with van der Waals surface area (Å²) in [5.41, 5.74) is 0. The third-order valence-corrected chi connectivity index (χ3v) is 9.63. The van der Waals surface area contributed by atoms with E-state index in [0.717, 1.165) is 10.6 Å². The summed E-state index contributed by atoms with van der Waals surface area (Å²) in [5, 5.41) is 12.4. The molecule has 0 bridgehead atoms. The molecule has 28 heavy (non-hydrogen) atoms. The van der Waals surface area contributed by atoms with Crippen LogP contribution in [0.15, 0.2) is 106 Å². The molecular weight excluding hydrogens is 519 g/mol. The smallest absolute Gasteiger partial charge is 0.158 e. The van der Waals surface area contributed by atoms with Crippen LogP contribution < -0.4 is 0 Å². The largest absolute Gasteiger partial charge is 0.508 e. The summed E-state index contributed by atoms with van der Waals surface area (Å²) in [6, 6.07) is 20.6. The minimum Gasteiger partial charge on any atom is -0.508 e. The van der Waals surface area contributed by atoms with Gasteiger partial charge in [0.1, 0.15) is 10.7 Å². The maximum Gasteiger partial charge on any atom is 0.158 e. The Balaban J connectivity index is 1.70. The molecule has 6 heteroatoms. The Morgan fingerprint density at radius 1 is 1.00 bits per heavy atom. The lowest BCUT2D eigenvalue weighted by Crippen LogP contribution is -2.45. The lowest BCUT2D eigenvalue weighted by atomic mass is 10.1. The fourth-order valence-corrected chi connectivity index (χ4v) is 7.49. The van der Waals surface area contributed by atoms with Crippen LogP contribution in [-0.2, 0) is 4.74 Å². The standard InChI is InChI=1S/C22H19IO2S3/c23-20-12-11-17(24)15-22(20,28-19-9-5-2-6-10-19)25-21(13-14-26-16-21)27-18-7-3-1-4-8-18/h1-15,20,24H,16H2. The number of alkyl halides is 1. The summed E-state index contributed by atoms with van der Waals surface area (Å²) in [5.74, 6) is 1.07. The topological polar surface area (TPSA) is 29.5 Å². The number of halogens is 1. The molecule has 1 heterocycles. The number of aliphatic hydroxyl groups is 1. The number of thioether (sulfide) groups is 3. The highest BCUT2D eigenvalue weighted by Gasteiger charge is 2.47. The van der Waals surface area contributed by atoms with Crippen molar-refractivity contribution in [2.45, 2.75) is 23.6 Å². The van der Waals surface area contributed by atoms with E-state index >= 15 is 0 Å². The second kappa shape index (κ2) is 8.92. The van der Waals surface area contributed by atoms with Crippen molar-refractivity contribution in [3.05, 3.63) is 96.1 Å². The van der Waals surface area contributed by atoms with Gasteiger partial charge in [0.25, 0.3) is 0 Å². The van der Waals surface area contributed by atoms with Gasteiger partial charge in [0, 0.05) is 21.6 Å². The first-order valence-corrected chi connectivity index (χ1v) is 12.7. The molecule has 3 unspecified atom stereocenters. The highest BCUT2D eigenvalue weighted by Crippen LogP contribution is 2.52. The Kier molecular flexibility index (Phi) is 6.52. The summed E-state index contributed by atoms with van der Waals surface area (Å²) in [4.78, 5) is 1.06. The first-order chi connectivity index (χ1) is 13.6. The molecule has 3 atom stereocenters. The molecule has 144 valence electrons. The van der Waals surface area contributed by atoms with Crippen LogP contribution in [0, 0.1) is 0 Å². The van der Waals surface area contributed by atoms with Crippen LogP contribution in [-0.4, -0.2) is 24.7 Å². The summed E-state index contributed by atoms with van der Waals surface area (Å²) in [6.45, 7) is 0. The van der Waals surface area contributed by atoms with Crippen LogP contribution in [0.2, 0.25) is 0 Å².